The van der Waals surface area contributed by atoms with Crippen molar-refractivity contribution in [2.45, 2.75) is 45.1 Å². The summed E-state index contributed by atoms with van der Waals surface area (Å²) in [5.74, 6) is 2.74. The molecule has 0 spiro atoms. The first-order chi connectivity index (χ1) is 12.5. The molecule has 3 aromatic rings. The molecule has 6 nitrogen and oxygen atoms in total. The van der Waals surface area contributed by atoms with Crippen molar-refractivity contribution < 1.29 is 9.32 Å². The van der Waals surface area contributed by atoms with Gasteiger partial charge < -0.3 is 9.84 Å². The maximum Gasteiger partial charge on any atom is 0.236 e. The number of anilines is 1. The largest absolute Gasteiger partial charge is 0.360 e. The van der Waals surface area contributed by atoms with Crippen LogP contribution in [0, 0.1) is 19.8 Å². The van der Waals surface area contributed by atoms with Gasteiger partial charge in [0, 0.05) is 16.3 Å². The van der Waals surface area contributed by atoms with Crippen LogP contribution in [0.1, 0.15) is 35.4 Å². The minimum atomic E-state index is -0.120. The third kappa shape index (κ3) is 3.48. The first kappa shape index (κ1) is 17.5. The van der Waals surface area contributed by atoms with Crippen LogP contribution in [-0.2, 0) is 17.6 Å². The highest BCUT2D eigenvalue weighted by molar-refractivity contribution is 8.00. The molecule has 1 atom stereocenters. The third-order valence-electron chi connectivity index (χ3n) is 4.47. The Morgan fingerprint density at radius 3 is 3.04 bits per heavy atom. The average Bonchev–Trinajstić information content (AvgIpc) is 3.14. The van der Waals surface area contributed by atoms with Gasteiger partial charge in [-0.2, -0.15) is 0 Å². The van der Waals surface area contributed by atoms with Crippen molar-refractivity contribution in [1.82, 2.24) is 15.1 Å². The molecule has 0 bridgehead atoms. The van der Waals surface area contributed by atoms with Gasteiger partial charge in [-0.05, 0) is 44.6 Å². The second-order valence-electron chi connectivity index (χ2n) is 6.77. The van der Waals surface area contributed by atoms with E-state index in [1.165, 1.54) is 28.6 Å². The smallest absolute Gasteiger partial charge is 0.236 e. The van der Waals surface area contributed by atoms with Crippen molar-refractivity contribution in [2.24, 2.45) is 5.92 Å². The van der Waals surface area contributed by atoms with E-state index in [9.17, 15) is 4.79 Å². The first-order valence-corrected chi connectivity index (χ1v) is 10.4. The molecule has 1 aliphatic carbocycles. The van der Waals surface area contributed by atoms with Gasteiger partial charge in [0.15, 0.2) is 5.82 Å². The van der Waals surface area contributed by atoms with Gasteiger partial charge in [0.2, 0.25) is 5.91 Å². The Kier molecular flexibility index (Phi) is 4.71. The molecule has 136 valence electrons. The number of amides is 1. The molecule has 1 amide bonds. The van der Waals surface area contributed by atoms with Gasteiger partial charge in [0.25, 0.3) is 0 Å². The summed E-state index contributed by atoms with van der Waals surface area (Å²) in [5.41, 5.74) is 1.39. The molecule has 1 aliphatic rings. The van der Waals surface area contributed by atoms with Crippen LogP contribution in [0.25, 0.3) is 10.2 Å². The van der Waals surface area contributed by atoms with Crippen LogP contribution < -0.4 is 5.32 Å². The van der Waals surface area contributed by atoms with Crippen molar-refractivity contribution >= 4 is 45.0 Å². The van der Waals surface area contributed by atoms with Gasteiger partial charge in [-0.3, -0.25) is 4.79 Å². The van der Waals surface area contributed by atoms with E-state index in [2.05, 4.69) is 27.4 Å². The predicted octanol–water partition coefficient (Wildman–Crippen LogP) is 4.15. The van der Waals surface area contributed by atoms with E-state index in [0.29, 0.717) is 11.6 Å². The summed E-state index contributed by atoms with van der Waals surface area (Å²) >= 11 is 3.25. The molecule has 0 unspecified atom stereocenters. The summed E-state index contributed by atoms with van der Waals surface area (Å²) in [5, 5.41) is 8.60. The number of hydrogen-bond acceptors (Lipinski definition) is 7. The highest BCUT2D eigenvalue weighted by Crippen LogP contribution is 2.40. The number of nitrogens with one attached hydrogen (secondary N) is 1. The Morgan fingerprint density at radius 1 is 1.42 bits per heavy atom. The van der Waals surface area contributed by atoms with Gasteiger partial charge in [0.1, 0.15) is 21.4 Å². The maximum absolute atomic E-state index is 12.2. The number of fused-ring (bicyclic) bond motifs is 3. The van der Waals surface area contributed by atoms with Gasteiger partial charge in [-0.1, -0.05) is 23.8 Å². The third-order valence-corrected chi connectivity index (χ3v) is 6.59. The predicted molar refractivity (Wildman–Crippen MR) is 104 cm³/mol. The molecule has 0 saturated heterocycles. The second kappa shape index (κ2) is 7.00. The molecule has 3 aromatic heterocycles. The van der Waals surface area contributed by atoms with E-state index in [-0.39, 0.29) is 11.7 Å². The first-order valence-electron chi connectivity index (χ1n) is 8.64. The Morgan fingerprint density at radius 2 is 2.27 bits per heavy atom. The zero-order chi connectivity index (χ0) is 18.3. The summed E-state index contributed by atoms with van der Waals surface area (Å²) in [6, 6.07) is 1.70. The normalized spacial score (nSPS) is 16.7. The van der Waals surface area contributed by atoms with E-state index in [1.54, 1.807) is 24.3 Å². The summed E-state index contributed by atoms with van der Waals surface area (Å²) in [4.78, 5) is 24.0. The fourth-order valence-electron chi connectivity index (χ4n) is 3.25. The molecule has 1 N–H and O–H groups in total. The lowest BCUT2D eigenvalue weighted by Crippen LogP contribution is -2.14. The number of carbonyl (C=O) groups is 1. The zero-order valence-corrected chi connectivity index (χ0v) is 16.6. The number of thiophene rings is 1. The number of hydrogen-bond donors (Lipinski definition) is 1. The lowest BCUT2D eigenvalue weighted by Gasteiger charge is -2.18. The lowest BCUT2D eigenvalue weighted by atomic mass is 9.89. The highest BCUT2D eigenvalue weighted by atomic mass is 32.2. The minimum Gasteiger partial charge on any atom is -0.360 e. The fourth-order valence-corrected chi connectivity index (χ4v) is 5.65. The van der Waals surface area contributed by atoms with Crippen LogP contribution >= 0.6 is 23.1 Å². The quantitative estimate of drug-likeness (QED) is 0.534. The topological polar surface area (TPSA) is 80.9 Å². The summed E-state index contributed by atoms with van der Waals surface area (Å²) in [6.45, 7) is 6.00. The summed E-state index contributed by atoms with van der Waals surface area (Å²) in [7, 11) is 0. The molecule has 0 aromatic carbocycles. The summed E-state index contributed by atoms with van der Waals surface area (Å²) < 4.78 is 4.97. The van der Waals surface area contributed by atoms with E-state index in [1.807, 2.05) is 6.92 Å². The Bertz CT molecular complexity index is 979. The number of nitrogens with zero attached hydrogens (tertiary/aromatic N) is 3. The SMILES string of the molecule is Cc1nc(SCC(=O)Nc2cc(C)on2)c2c3c(sc2n1)C[C@H](C)CC3. The molecule has 0 aliphatic heterocycles. The van der Waals surface area contributed by atoms with Crippen LogP contribution in [0.3, 0.4) is 0 Å². The molecule has 26 heavy (non-hydrogen) atoms. The van der Waals surface area contributed by atoms with Crippen molar-refractivity contribution in [3.8, 4) is 0 Å². The monoisotopic (exact) mass is 388 g/mol. The molecular weight excluding hydrogens is 368 g/mol. The molecule has 8 heteroatoms. The number of aryl methyl sites for hydroxylation is 3. The van der Waals surface area contributed by atoms with Crippen molar-refractivity contribution in [1.29, 1.82) is 0 Å². The van der Waals surface area contributed by atoms with E-state index >= 15 is 0 Å². The van der Waals surface area contributed by atoms with Gasteiger partial charge in [0.05, 0.1) is 5.75 Å². The van der Waals surface area contributed by atoms with E-state index < -0.39 is 0 Å². The lowest BCUT2D eigenvalue weighted by molar-refractivity contribution is -0.113. The molecule has 0 fully saturated rings. The zero-order valence-electron chi connectivity index (χ0n) is 15.0. The van der Waals surface area contributed by atoms with Gasteiger partial charge in [-0.25, -0.2) is 9.97 Å². The van der Waals surface area contributed by atoms with E-state index in [0.717, 1.165) is 39.8 Å². The number of aromatic nitrogens is 3. The van der Waals surface area contributed by atoms with Crippen molar-refractivity contribution in [3.63, 3.8) is 0 Å². The van der Waals surface area contributed by atoms with Crippen molar-refractivity contribution in [3.05, 3.63) is 28.1 Å². The number of carbonyl (C=O) groups excluding carboxylic acids is 1. The molecule has 4 rings (SSSR count). The second-order valence-corrected chi connectivity index (χ2v) is 8.82. The van der Waals surface area contributed by atoms with Gasteiger partial charge in [-0.15, -0.1) is 11.3 Å². The molecule has 3 heterocycles. The van der Waals surface area contributed by atoms with Crippen LogP contribution in [0.2, 0.25) is 0 Å². The van der Waals surface area contributed by atoms with Gasteiger partial charge >= 0.3 is 0 Å². The number of thioether (sulfide) groups is 1. The highest BCUT2D eigenvalue weighted by Gasteiger charge is 2.24. The standard InChI is InChI=1S/C18H20N4O2S2/c1-9-4-5-12-13(6-9)26-18-16(12)17(19-11(3)20-18)25-8-15(23)21-14-7-10(2)24-22-14/h7,9H,4-6,8H2,1-3H3,(H,21,22,23)/t9-/m1/s1. The minimum absolute atomic E-state index is 0.120. The summed E-state index contributed by atoms with van der Waals surface area (Å²) in [6.07, 6.45) is 3.38. The average molecular weight is 389 g/mol. The maximum atomic E-state index is 12.2. The van der Waals surface area contributed by atoms with Crippen LogP contribution in [0.5, 0.6) is 0 Å². The van der Waals surface area contributed by atoms with E-state index in [4.69, 9.17) is 4.52 Å². The van der Waals surface area contributed by atoms with Crippen LogP contribution in [0.15, 0.2) is 15.6 Å². The molecular formula is C18H20N4O2S2. The van der Waals surface area contributed by atoms with Crippen molar-refractivity contribution in [2.75, 3.05) is 11.1 Å². The van der Waals surface area contributed by atoms with Crippen LogP contribution in [0.4, 0.5) is 5.82 Å². The Labute approximate surface area is 159 Å². The molecule has 0 saturated carbocycles. The molecule has 0 radical (unpaired) electrons. The Balaban J connectivity index is 1.57. The van der Waals surface area contributed by atoms with Crippen LogP contribution in [-0.4, -0.2) is 26.8 Å². The Hall–Kier alpha value is -1.93. The fraction of sp³-hybridized carbons (Fsp3) is 0.444. The number of rotatable bonds is 4.